The van der Waals surface area contributed by atoms with Crippen molar-refractivity contribution in [1.29, 1.82) is 0 Å². The topological polar surface area (TPSA) is 65.0 Å². The highest BCUT2D eigenvalue weighted by Crippen LogP contribution is 2.40. The van der Waals surface area contributed by atoms with Crippen LogP contribution >= 0.6 is 0 Å². The molecule has 4 rings (SSSR count). The van der Waals surface area contributed by atoms with Crippen LogP contribution in [0.2, 0.25) is 0 Å². The smallest absolute Gasteiger partial charge is 0.493 e. The minimum absolute atomic E-state index is 0.481. The molecular weight excluding hydrogens is 355 g/mol. The number of methoxy groups -OCH3 is 2. The molecule has 1 N–H and O–H groups in total. The molecule has 5 nitrogen and oxygen atoms in total. The molecule has 140 valence electrons. The molecule has 0 saturated carbocycles. The highest BCUT2D eigenvalue weighted by molar-refractivity contribution is 6.62. The van der Waals surface area contributed by atoms with Crippen LogP contribution in [-0.2, 0) is 19.8 Å². The third-order valence-electron chi connectivity index (χ3n) is 5.04. The van der Waals surface area contributed by atoms with Gasteiger partial charge in [0.15, 0.2) is 0 Å². The fourth-order valence-corrected chi connectivity index (χ4v) is 3.68. The van der Waals surface area contributed by atoms with Gasteiger partial charge in [-0.05, 0) is 45.9 Å². The number of hydrogen-bond acceptors (Lipinski definition) is 5. The minimum atomic E-state index is -1.55. The van der Waals surface area contributed by atoms with E-state index in [0.717, 1.165) is 11.1 Å². The van der Waals surface area contributed by atoms with E-state index in [4.69, 9.17) is 14.1 Å². The number of carbonyl (C=O) groups is 1. The predicted octanol–water partition coefficient (Wildman–Crippen LogP) is 2.50. The Bertz CT molecular complexity index is 1020. The Balaban J connectivity index is 1.92. The maximum Gasteiger partial charge on any atom is 0.493 e. The van der Waals surface area contributed by atoms with Crippen LogP contribution in [0, 0.1) is 0 Å². The van der Waals surface area contributed by atoms with Gasteiger partial charge in [0.1, 0.15) is 5.75 Å². The number of rotatable bonds is 4. The lowest BCUT2D eigenvalue weighted by atomic mass is 9.76. The Hall–Kier alpha value is -3.09. The summed E-state index contributed by atoms with van der Waals surface area (Å²) < 4.78 is 16.2. The maximum atomic E-state index is 13.0. The quantitative estimate of drug-likeness (QED) is 0.562. The maximum absolute atomic E-state index is 13.0. The van der Waals surface area contributed by atoms with Crippen LogP contribution in [0.5, 0.6) is 5.75 Å². The fourth-order valence-electron chi connectivity index (χ4n) is 3.68. The Kier molecular flexibility index (Phi) is 4.67. The Labute approximate surface area is 163 Å². The molecule has 28 heavy (non-hydrogen) atoms. The van der Waals surface area contributed by atoms with Crippen molar-refractivity contribution in [2.75, 3.05) is 14.2 Å². The first kappa shape index (κ1) is 18.3. The fraction of sp³-hybridized carbons (Fsp3) is 0.136. The van der Waals surface area contributed by atoms with Gasteiger partial charge in [0.2, 0.25) is 5.60 Å². The zero-order valence-electron chi connectivity index (χ0n) is 15.6. The molecule has 1 atom stereocenters. The number of carbonyl (C=O) groups excluding carboxylic acids is 1. The van der Waals surface area contributed by atoms with Crippen LogP contribution in [0.1, 0.15) is 11.1 Å². The Morgan fingerprint density at radius 2 is 1.71 bits per heavy atom. The van der Waals surface area contributed by atoms with Gasteiger partial charge in [0.05, 0.1) is 14.2 Å². The second kappa shape index (κ2) is 7.15. The van der Waals surface area contributed by atoms with Gasteiger partial charge in [-0.15, -0.1) is 0 Å². The molecule has 1 heterocycles. The SMILES string of the molecule is COC(=O)C1(c2cccc(-c3ccccc3)c2)OB(O)c2cc(OC)ccc21. The standard InChI is InChI=1S/C22H19BO5/c1-26-18-11-12-19-20(14-18)23(25)28-22(19,21(24)27-2)17-10-6-9-16(13-17)15-7-4-3-5-8-15/h3-14,25H,1-2H3. The molecule has 0 radical (unpaired) electrons. The molecule has 1 unspecified atom stereocenters. The molecule has 0 aromatic heterocycles. The number of esters is 1. The molecule has 0 spiro atoms. The second-order valence-corrected chi connectivity index (χ2v) is 6.54. The summed E-state index contributed by atoms with van der Waals surface area (Å²) in [6, 6.07) is 22.5. The monoisotopic (exact) mass is 374 g/mol. The first-order valence-corrected chi connectivity index (χ1v) is 8.89. The van der Waals surface area contributed by atoms with Crippen molar-refractivity contribution in [2.45, 2.75) is 5.60 Å². The van der Waals surface area contributed by atoms with E-state index in [0.29, 0.717) is 22.3 Å². The lowest BCUT2D eigenvalue weighted by Gasteiger charge is -2.28. The van der Waals surface area contributed by atoms with Gasteiger partial charge in [0.25, 0.3) is 0 Å². The molecule has 3 aromatic carbocycles. The zero-order chi connectivity index (χ0) is 19.7. The molecule has 0 aliphatic carbocycles. The van der Waals surface area contributed by atoms with Crippen LogP contribution in [0.3, 0.4) is 0 Å². The summed E-state index contributed by atoms with van der Waals surface area (Å²) in [5.74, 6) is -0.0271. The van der Waals surface area contributed by atoms with E-state index in [9.17, 15) is 9.82 Å². The van der Waals surface area contributed by atoms with Crippen molar-refractivity contribution < 1.29 is 23.9 Å². The zero-order valence-corrected chi connectivity index (χ0v) is 15.6. The molecular formula is C22H19BO5. The van der Waals surface area contributed by atoms with Crippen molar-refractivity contribution in [1.82, 2.24) is 0 Å². The average Bonchev–Trinajstić information content (AvgIpc) is 3.06. The van der Waals surface area contributed by atoms with Crippen molar-refractivity contribution in [3.8, 4) is 16.9 Å². The van der Waals surface area contributed by atoms with E-state index in [2.05, 4.69) is 0 Å². The molecule has 1 aliphatic rings. The molecule has 0 amide bonds. The minimum Gasteiger partial charge on any atom is -0.497 e. The first-order chi connectivity index (χ1) is 13.6. The normalized spacial score (nSPS) is 17.9. The van der Waals surface area contributed by atoms with E-state index in [-0.39, 0.29) is 0 Å². The van der Waals surface area contributed by atoms with E-state index in [1.807, 2.05) is 48.5 Å². The summed E-state index contributed by atoms with van der Waals surface area (Å²) in [6.07, 6.45) is 0. The Morgan fingerprint density at radius 1 is 0.964 bits per heavy atom. The first-order valence-electron chi connectivity index (χ1n) is 8.89. The summed E-state index contributed by atoms with van der Waals surface area (Å²) in [5.41, 5.74) is 2.00. The molecule has 1 aliphatic heterocycles. The molecule has 6 heteroatoms. The van der Waals surface area contributed by atoms with E-state index in [1.165, 1.54) is 7.11 Å². The van der Waals surface area contributed by atoms with E-state index < -0.39 is 18.7 Å². The van der Waals surface area contributed by atoms with Gasteiger partial charge in [-0.25, -0.2) is 4.79 Å². The summed E-state index contributed by atoms with van der Waals surface area (Å²) in [6.45, 7) is 0. The van der Waals surface area contributed by atoms with Crippen LogP contribution < -0.4 is 10.2 Å². The third-order valence-corrected chi connectivity index (χ3v) is 5.04. The van der Waals surface area contributed by atoms with Gasteiger partial charge in [-0.3, -0.25) is 0 Å². The summed E-state index contributed by atoms with van der Waals surface area (Å²) in [4.78, 5) is 13.0. The van der Waals surface area contributed by atoms with Crippen molar-refractivity contribution in [2.24, 2.45) is 0 Å². The molecule has 3 aromatic rings. The highest BCUT2D eigenvalue weighted by atomic mass is 16.6. The van der Waals surface area contributed by atoms with Gasteiger partial charge in [-0.2, -0.15) is 0 Å². The highest BCUT2D eigenvalue weighted by Gasteiger charge is 2.55. The van der Waals surface area contributed by atoms with E-state index in [1.54, 1.807) is 31.4 Å². The average molecular weight is 374 g/mol. The number of hydrogen-bond donors (Lipinski definition) is 1. The molecule has 0 fully saturated rings. The van der Waals surface area contributed by atoms with Crippen LogP contribution in [0.4, 0.5) is 0 Å². The van der Waals surface area contributed by atoms with Crippen LogP contribution in [0.15, 0.2) is 72.8 Å². The molecule has 0 bridgehead atoms. The largest absolute Gasteiger partial charge is 0.497 e. The van der Waals surface area contributed by atoms with Gasteiger partial charge in [-0.1, -0.05) is 54.6 Å². The second-order valence-electron chi connectivity index (χ2n) is 6.54. The summed E-state index contributed by atoms with van der Waals surface area (Å²) >= 11 is 0. The summed E-state index contributed by atoms with van der Waals surface area (Å²) in [5, 5.41) is 10.5. The van der Waals surface area contributed by atoms with Crippen LogP contribution in [0.25, 0.3) is 11.1 Å². The number of fused-ring (bicyclic) bond motifs is 1. The number of benzene rings is 3. The predicted molar refractivity (Wildman–Crippen MR) is 106 cm³/mol. The number of ether oxygens (including phenoxy) is 2. The van der Waals surface area contributed by atoms with E-state index >= 15 is 0 Å². The third kappa shape index (κ3) is 2.78. The van der Waals surface area contributed by atoms with Crippen molar-refractivity contribution in [3.63, 3.8) is 0 Å². The Morgan fingerprint density at radius 3 is 2.43 bits per heavy atom. The lowest BCUT2D eigenvalue weighted by Crippen LogP contribution is -2.39. The molecule has 0 saturated heterocycles. The van der Waals surface area contributed by atoms with Gasteiger partial charge in [0, 0.05) is 0 Å². The lowest BCUT2D eigenvalue weighted by molar-refractivity contribution is -0.156. The van der Waals surface area contributed by atoms with Gasteiger partial charge >= 0.3 is 13.1 Å². The van der Waals surface area contributed by atoms with Crippen molar-refractivity contribution >= 4 is 18.6 Å². The summed E-state index contributed by atoms with van der Waals surface area (Å²) in [7, 11) is 1.58. The van der Waals surface area contributed by atoms with Gasteiger partial charge < -0.3 is 19.2 Å². The van der Waals surface area contributed by atoms with Crippen molar-refractivity contribution in [3.05, 3.63) is 83.9 Å². The van der Waals surface area contributed by atoms with Crippen LogP contribution in [-0.4, -0.2) is 32.3 Å².